The zero-order chi connectivity index (χ0) is 19.4. The van der Waals surface area contributed by atoms with Gasteiger partial charge in [0.2, 0.25) is 0 Å². The smallest absolute Gasteiger partial charge is 0.330 e. The van der Waals surface area contributed by atoms with Crippen LogP contribution in [-0.4, -0.2) is 35.5 Å². The summed E-state index contributed by atoms with van der Waals surface area (Å²) in [4.78, 5) is 11.0. The van der Waals surface area contributed by atoms with Crippen molar-refractivity contribution < 1.29 is 19.7 Å². The van der Waals surface area contributed by atoms with Gasteiger partial charge in [-0.1, -0.05) is 45.6 Å². The molecule has 0 aromatic carbocycles. The fraction of sp³-hybridized carbons (Fsp3) is 0.864. The summed E-state index contributed by atoms with van der Waals surface area (Å²) in [7, 11) is 1.38. The van der Waals surface area contributed by atoms with Crippen LogP contribution >= 0.6 is 0 Å². The van der Waals surface area contributed by atoms with Crippen LogP contribution in [0, 0.1) is 11.3 Å². The second kappa shape index (κ2) is 12.5. The second-order valence-corrected chi connectivity index (χ2v) is 8.19. The number of hydrogen-bond donors (Lipinski definition) is 2. The van der Waals surface area contributed by atoms with E-state index in [0.717, 1.165) is 64.2 Å². The second-order valence-electron chi connectivity index (χ2n) is 8.19. The van der Waals surface area contributed by atoms with Gasteiger partial charge in [0.15, 0.2) is 0 Å². The van der Waals surface area contributed by atoms with Gasteiger partial charge in [0.05, 0.1) is 19.3 Å². The number of rotatable bonds is 13. The third-order valence-corrected chi connectivity index (χ3v) is 6.26. The van der Waals surface area contributed by atoms with Crippen molar-refractivity contribution in [2.75, 3.05) is 7.11 Å². The standard InChI is InChI=1S/C22H40O4/c1-4-5-8-11-19(23)15-13-18-14-16-20(24)22(18,2)17-10-7-6-9-12-21(25)26-3/h9,12,18-20,23-24H,4-8,10-11,13-17H2,1-3H3/t18-,19?,20-,22+/m0/s1. The first-order valence-electron chi connectivity index (χ1n) is 10.5. The third kappa shape index (κ3) is 7.79. The van der Waals surface area contributed by atoms with Crippen LogP contribution < -0.4 is 0 Å². The average Bonchev–Trinajstić information content (AvgIpc) is 2.91. The van der Waals surface area contributed by atoms with Crippen LogP contribution in [0.25, 0.3) is 0 Å². The lowest BCUT2D eigenvalue weighted by molar-refractivity contribution is -0.134. The Kier molecular flexibility index (Phi) is 11.1. The molecule has 0 heterocycles. The van der Waals surface area contributed by atoms with Gasteiger partial charge in [0.1, 0.15) is 0 Å². The topological polar surface area (TPSA) is 66.8 Å². The zero-order valence-electron chi connectivity index (χ0n) is 17.1. The van der Waals surface area contributed by atoms with Crippen LogP contribution in [0.2, 0.25) is 0 Å². The summed E-state index contributed by atoms with van der Waals surface area (Å²) < 4.78 is 4.58. The number of esters is 1. The summed E-state index contributed by atoms with van der Waals surface area (Å²) in [5, 5.41) is 20.7. The lowest BCUT2D eigenvalue weighted by Crippen LogP contribution is -2.33. The molecule has 2 N–H and O–H groups in total. The van der Waals surface area contributed by atoms with Crippen molar-refractivity contribution >= 4 is 5.97 Å². The molecule has 4 heteroatoms. The molecule has 0 amide bonds. The molecule has 1 fully saturated rings. The molecule has 0 aromatic heterocycles. The summed E-state index contributed by atoms with van der Waals surface area (Å²) in [6.07, 6.45) is 15.1. The minimum absolute atomic E-state index is 0.0325. The Morgan fingerprint density at radius 1 is 1.23 bits per heavy atom. The van der Waals surface area contributed by atoms with E-state index in [1.165, 1.54) is 26.0 Å². The molecule has 0 radical (unpaired) electrons. The highest BCUT2D eigenvalue weighted by atomic mass is 16.5. The molecule has 152 valence electrons. The Labute approximate surface area is 160 Å². The van der Waals surface area contributed by atoms with Crippen molar-refractivity contribution in [1.82, 2.24) is 0 Å². The first kappa shape index (κ1) is 23.2. The number of carbonyl (C=O) groups is 1. The quantitative estimate of drug-likeness (QED) is 0.279. The Balaban J connectivity index is 2.35. The van der Waals surface area contributed by atoms with E-state index in [1.54, 1.807) is 0 Å². The van der Waals surface area contributed by atoms with Crippen LogP contribution in [-0.2, 0) is 9.53 Å². The molecule has 0 aliphatic heterocycles. The van der Waals surface area contributed by atoms with Gasteiger partial charge in [-0.05, 0) is 62.7 Å². The highest BCUT2D eigenvalue weighted by Crippen LogP contribution is 2.49. The van der Waals surface area contributed by atoms with E-state index in [-0.39, 0.29) is 23.6 Å². The van der Waals surface area contributed by atoms with Crippen molar-refractivity contribution in [3.05, 3.63) is 12.2 Å². The molecule has 0 aromatic rings. The van der Waals surface area contributed by atoms with E-state index in [4.69, 9.17) is 0 Å². The summed E-state index contributed by atoms with van der Waals surface area (Å²) in [5.41, 5.74) is -0.0325. The maximum absolute atomic E-state index is 11.0. The van der Waals surface area contributed by atoms with Crippen LogP contribution in [0.1, 0.15) is 90.9 Å². The Hall–Kier alpha value is -0.870. The molecule has 4 atom stereocenters. The summed E-state index contributed by atoms with van der Waals surface area (Å²) in [6.45, 7) is 4.41. The molecule has 0 spiro atoms. The normalized spacial score (nSPS) is 27.1. The van der Waals surface area contributed by atoms with Crippen molar-refractivity contribution in [1.29, 1.82) is 0 Å². The first-order valence-corrected chi connectivity index (χ1v) is 10.5. The predicted molar refractivity (Wildman–Crippen MR) is 106 cm³/mol. The van der Waals surface area contributed by atoms with Crippen molar-refractivity contribution in [2.24, 2.45) is 11.3 Å². The molecule has 26 heavy (non-hydrogen) atoms. The molecule has 1 aliphatic carbocycles. The van der Waals surface area contributed by atoms with Crippen LogP contribution in [0.5, 0.6) is 0 Å². The molecule has 0 bridgehead atoms. The maximum Gasteiger partial charge on any atom is 0.330 e. The lowest BCUT2D eigenvalue weighted by Gasteiger charge is -2.35. The van der Waals surface area contributed by atoms with Gasteiger partial charge in [0.25, 0.3) is 0 Å². The fourth-order valence-corrected chi connectivity index (χ4v) is 4.32. The number of aliphatic hydroxyl groups is 2. The third-order valence-electron chi connectivity index (χ3n) is 6.26. The largest absolute Gasteiger partial charge is 0.466 e. The van der Waals surface area contributed by atoms with Crippen LogP contribution in [0.3, 0.4) is 0 Å². The number of hydrogen-bond acceptors (Lipinski definition) is 4. The summed E-state index contributed by atoms with van der Waals surface area (Å²) >= 11 is 0. The van der Waals surface area contributed by atoms with Gasteiger partial charge in [-0.15, -0.1) is 0 Å². The Morgan fingerprint density at radius 2 is 2.00 bits per heavy atom. The SMILES string of the molecule is CCCCCC(O)CC[C@H]1CC[C@H](O)[C@]1(C)CCCCC=CC(=O)OC. The molecule has 4 nitrogen and oxygen atoms in total. The number of unbranched alkanes of at least 4 members (excludes halogenated alkanes) is 4. The van der Waals surface area contributed by atoms with Gasteiger partial charge in [-0.2, -0.15) is 0 Å². The average molecular weight is 369 g/mol. The number of carbonyl (C=O) groups excluding carboxylic acids is 1. The van der Waals surface area contributed by atoms with Crippen molar-refractivity contribution in [3.8, 4) is 0 Å². The monoisotopic (exact) mass is 368 g/mol. The van der Waals surface area contributed by atoms with Gasteiger partial charge in [-0.3, -0.25) is 0 Å². The van der Waals surface area contributed by atoms with Crippen LogP contribution in [0.4, 0.5) is 0 Å². The maximum atomic E-state index is 11.0. The van der Waals surface area contributed by atoms with Gasteiger partial charge in [0, 0.05) is 6.08 Å². The number of aliphatic hydroxyl groups excluding tert-OH is 2. The Bertz CT molecular complexity index is 420. The molecule has 1 aliphatic rings. The van der Waals surface area contributed by atoms with E-state index >= 15 is 0 Å². The van der Waals surface area contributed by atoms with Crippen LogP contribution in [0.15, 0.2) is 12.2 Å². The lowest BCUT2D eigenvalue weighted by atomic mass is 9.72. The van der Waals surface area contributed by atoms with Gasteiger partial charge in [-0.25, -0.2) is 4.79 Å². The fourth-order valence-electron chi connectivity index (χ4n) is 4.32. The number of allylic oxidation sites excluding steroid dienone is 1. The number of methoxy groups -OCH3 is 1. The molecular formula is C22H40O4. The molecule has 1 rings (SSSR count). The molecule has 0 saturated heterocycles. The highest BCUT2D eigenvalue weighted by Gasteiger charge is 2.44. The van der Waals surface area contributed by atoms with Crippen molar-refractivity contribution in [2.45, 2.75) is 103 Å². The summed E-state index contributed by atoms with van der Waals surface area (Å²) in [5.74, 6) is 0.199. The minimum Gasteiger partial charge on any atom is -0.466 e. The van der Waals surface area contributed by atoms with E-state index in [1.807, 2.05) is 6.08 Å². The summed E-state index contributed by atoms with van der Waals surface area (Å²) in [6, 6.07) is 0. The van der Waals surface area contributed by atoms with E-state index in [0.29, 0.717) is 5.92 Å². The van der Waals surface area contributed by atoms with E-state index in [9.17, 15) is 15.0 Å². The van der Waals surface area contributed by atoms with E-state index < -0.39 is 0 Å². The highest BCUT2D eigenvalue weighted by molar-refractivity contribution is 5.81. The zero-order valence-corrected chi connectivity index (χ0v) is 17.1. The molecular weight excluding hydrogens is 328 g/mol. The Morgan fingerprint density at radius 3 is 2.69 bits per heavy atom. The number of ether oxygens (including phenoxy) is 1. The first-order chi connectivity index (χ1) is 12.4. The van der Waals surface area contributed by atoms with Gasteiger partial charge < -0.3 is 14.9 Å². The molecule has 1 saturated carbocycles. The minimum atomic E-state index is -0.305. The molecule has 1 unspecified atom stereocenters. The van der Waals surface area contributed by atoms with Gasteiger partial charge >= 0.3 is 5.97 Å². The van der Waals surface area contributed by atoms with E-state index in [2.05, 4.69) is 18.6 Å². The predicted octanol–water partition coefficient (Wildman–Crippen LogP) is 4.77. The van der Waals surface area contributed by atoms with Crippen molar-refractivity contribution in [3.63, 3.8) is 0 Å².